The number of hydrogen-bond donors (Lipinski definition) is 1. The molecule has 0 spiro atoms. The van der Waals surface area contributed by atoms with Gasteiger partial charge in [0.15, 0.2) is 0 Å². The minimum absolute atomic E-state index is 0.0722. The molecule has 1 aromatic heterocycles. The van der Waals surface area contributed by atoms with Gasteiger partial charge in [0.25, 0.3) is 5.91 Å². The van der Waals surface area contributed by atoms with Gasteiger partial charge in [-0.1, -0.05) is 6.92 Å². The van der Waals surface area contributed by atoms with Gasteiger partial charge >= 0.3 is 0 Å². The summed E-state index contributed by atoms with van der Waals surface area (Å²) in [6.07, 6.45) is 3.85. The van der Waals surface area contributed by atoms with Crippen molar-refractivity contribution in [1.82, 2.24) is 14.7 Å². The van der Waals surface area contributed by atoms with Crippen molar-refractivity contribution < 1.29 is 4.79 Å². The monoisotopic (exact) mass is 250 g/mol. The Hall–Kier alpha value is -1.36. The van der Waals surface area contributed by atoms with Crippen molar-refractivity contribution in [3.63, 3.8) is 0 Å². The summed E-state index contributed by atoms with van der Waals surface area (Å²) in [6.45, 7) is 5.43. The summed E-state index contributed by atoms with van der Waals surface area (Å²) in [5.74, 6) is 0.723. The molecule has 100 valence electrons. The van der Waals surface area contributed by atoms with Crippen LogP contribution in [0.4, 0.5) is 0 Å². The zero-order valence-corrected chi connectivity index (χ0v) is 11.4. The molecule has 18 heavy (non-hydrogen) atoms. The van der Waals surface area contributed by atoms with Crippen LogP contribution in [0.1, 0.15) is 35.8 Å². The number of carbonyl (C=O) groups excluding carboxylic acids is 1. The molecule has 1 aliphatic heterocycles. The van der Waals surface area contributed by atoms with Gasteiger partial charge in [-0.05, 0) is 25.7 Å². The van der Waals surface area contributed by atoms with Crippen molar-refractivity contribution in [2.24, 2.45) is 18.7 Å². The smallest absolute Gasteiger partial charge is 0.257 e. The first-order chi connectivity index (χ1) is 8.52. The normalized spacial score (nSPS) is 24.3. The zero-order valence-electron chi connectivity index (χ0n) is 11.4. The molecule has 2 unspecified atom stereocenters. The number of carbonyl (C=O) groups is 1. The Kier molecular flexibility index (Phi) is 3.71. The van der Waals surface area contributed by atoms with E-state index in [4.69, 9.17) is 5.73 Å². The molecule has 2 N–H and O–H groups in total. The highest BCUT2D eigenvalue weighted by molar-refractivity contribution is 5.95. The van der Waals surface area contributed by atoms with Gasteiger partial charge in [0.2, 0.25) is 0 Å². The molecule has 0 aliphatic carbocycles. The molecule has 0 aromatic carbocycles. The Bertz CT molecular complexity index is 440. The number of aryl methyl sites for hydroxylation is 2. The second-order valence-corrected chi connectivity index (χ2v) is 5.32. The molecule has 2 rings (SSSR count). The van der Waals surface area contributed by atoms with Gasteiger partial charge in [0.1, 0.15) is 0 Å². The zero-order chi connectivity index (χ0) is 13.3. The first kappa shape index (κ1) is 13.1. The summed E-state index contributed by atoms with van der Waals surface area (Å²) in [7, 11) is 1.84. The van der Waals surface area contributed by atoms with Crippen LogP contribution in [-0.2, 0) is 7.05 Å². The van der Waals surface area contributed by atoms with Gasteiger partial charge in [-0.2, -0.15) is 5.10 Å². The van der Waals surface area contributed by atoms with E-state index in [1.54, 1.807) is 10.9 Å². The molecular weight excluding hydrogens is 228 g/mol. The highest BCUT2D eigenvalue weighted by Crippen LogP contribution is 2.24. The van der Waals surface area contributed by atoms with Crippen LogP contribution in [0.15, 0.2) is 6.20 Å². The number of amides is 1. The molecule has 0 radical (unpaired) electrons. The maximum Gasteiger partial charge on any atom is 0.257 e. The van der Waals surface area contributed by atoms with E-state index in [0.29, 0.717) is 18.0 Å². The van der Waals surface area contributed by atoms with E-state index < -0.39 is 0 Å². The fourth-order valence-electron chi connectivity index (χ4n) is 2.71. The van der Waals surface area contributed by atoms with Crippen LogP contribution in [-0.4, -0.2) is 39.7 Å². The summed E-state index contributed by atoms with van der Waals surface area (Å²) in [5.41, 5.74) is 7.29. The van der Waals surface area contributed by atoms with E-state index in [9.17, 15) is 4.79 Å². The molecule has 0 bridgehead atoms. The van der Waals surface area contributed by atoms with Crippen molar-refractivity contribution in [1.29, 1.82) is 0 Å². The SMILES string of the molecule is Cc1nn(C)cc1C(=O)N1CCC(C)CC1CN. The van der Waals surface area contributed by atoms with Gasteiger partial charge in [-0.15, -0.1) is 0 Å². The highest BCUT2D eigenvalue weighted by atomic mass is 16.2. The third-order valence-corrected chi connectivity index (χ3v) is 3.75. The largest absolute Gasteiger partial charge is 0.334 e. The lowest BCUT2D eigenvalue weighted by molar-refractivity contribution is 0.0573. The van der Waals surface area contributed by atoms with Gasteiger partial charge in [0.05, 0.1) is 11.3 Å². The highest BCUT2D eigenvalue weighted by Gasteiger charge is 2.30. The summed E-state index contributed by atoms with van der Waals surface area (Å²) >= 11 is 0. The van der Waals surface area contributed by atoms with Crippen LogP contribution in [0.25, 0.3) is 0 Å². The van der Waals surface area contributed by atoms with Crippen molar-refractivity contribution in [2.45, 2.75) is 32.7 Å². The molecule has 1 aromatic rings. The summed E-state index contributed by atoms with van der Waals surface area (Å²) in [4.78, 5) is 14.4. The van der Waals surface area contributed by atoms with Crippen LogP contribution < -0.4 is 5.73 Å². The van der Waals surface area contributed by atoms with Crippen molar-refractivity contribution in [3.05, 3.63) is 17.5 Å². The van der Waals surface area contributed by atoms with E-state index >= 15 is 0 Å². The van der Waals surface area contributed by atoms with E-state index in [0.717, 1.165) is 25.1 Å². The fourth-order valence-corrected chi connectivity index (χ4v) is 2.71. The number of hydrogen-bond acceptors (Lipinski definition) is 3. The summed E-state index contributed by atoms with van der Waals surface area (Å²) in [6, 6.07) is 0.167. The molecular formula is C13H22N4O. The van der Waals surface area contributed by atoms with Crippen LogP contribution >= 0.6 is 0 Å². The lowest BCUT2D eigenvalue weighted by Crippen LogP contribution is -2.49. The predicted octanol–water partition coefficient (Wildman–Crippen LogP) is 0.928. The Morgan fingerprint density at radius 1 is 1.61 bits per heavy atom. The van der Waals surface area contributed by atoms with E-state index in [1.165, 1.54) is 0 Å². The quantitative estimate of drug-likeness (QED) is 0.849. The van der Waals surface area contributed by atoms with Gasteiger partial charge in [-0.3, -0.25) is 9.48 Å². The Morgan fingerprint density at radius 2 is 2.33 bits per heavy atom. The summed E-state index contributed by atoms with van der Waals surface area (Å²) in [5, 5.41) is 4.23. The second-order valence-electron chi connectivity index (χ2n) is 5.32. The lowest BCUT2D eigenvalue weighted by Gasteiger charge is -2.37. The predicted molar refractivity (Wildman–Crippen MR) is 70.2 cm³/mol. The van der Waals surface area contributed by atoms with Crippen LogP contribution in [0.5, 0.6) is 0 Å². The van der Waals surface area contributed by atoms with Crippen LogP contribution in [0.2, 0.25) is 0 Å². The minimum atomic E-state index is 0.0722. The van der Waals surface area contributed by atoms with Crippen molar-refractivity contribution in [3.8, 4) is 0 Å². The molecule has 2 heterocycles. The number of aromatic nitrogens is 2. The number of nitrogens with zero attached hydrogens (tertiary/aromatic N) is 3. The third-order valence-electron chi connectivity index (χ3n) is 3.75. The number of piperidine rings is 1. The topological polar surface area (TPSA) is 64.2 Å². The van der Waals surface area contributed by atoms with Crippen LogP contribution in [0.3, 0.4) is 0 Å². The molecule has 5 nitrogen and oxygen atoms in total. The number of likely N-dealkylation sites (tertiary alicyclic amines) is 1. The van der Waals surface area contributed by atoms with Crippen molar-refractivity contribution >= 4 is 5.91 Å². The Balaban J connectivity index is 2.20. The minimum Gasteiger partial charge on any atom is -0.334 e. The molecule has 5 heteroatoms. The third kappa shape index (κ3) is 2.41. The maximum atomic E-state index is 12.5. The molecule has 1 amide bonds. The molecule has 1 fully saturated rings. The molecule has 2 atom stereocenters. The average Bonchev–Trinajstić information content (AvgIpc) is 2.67. The number of nitrogens with two attached hydrogens (primary N) is 1. The summed E-state index contributed by atoms with van der Waals surface area (Å²) < 4.78 is 1.69. The molecule has 1 aliphatic rings. The first-order valence-corrected chi connectivity index (χ1v) is 6.54. The Labute approximate surface area is 108 Å². The average molecular weight is 250 g/mol. The Morgan fingerprint density at radius 3 is 2.89 bits per heavy atom. The fraction of sp³-hybridized carbons (Fsp3) is 0.692. The number of rotatable bonds is 2. The van der Waals surface area contributed by atoms with E-state index in [2.05, 4.69) is 12.0 Å². The standard InChI is InChI=1S/C13H22N4O/c1-9-4-5-17(11(6-9)7-14)13(18)12-8-16(3)15-10(12)2/h8-9,11H,4-7,14H2,1-3H3. The van der Waals surface area contributed by atoms with Gasteiger partial charge < -0.3 is 10.6 Å². The molecule has 1 saturated heterocycles. The second kappa shape index (κ2) is 5.10. The van der Waals surface area contributed by atoms with Crippen LogP contribution in [0, 0.1) is 12.8 Å². The van der Waals surface area contributed by atoms with E-state index in [1.807, 2.05) is 18.9 Å². The van der Waals surface area contributed by atoms with E-state index in [-0.39, 0.29) is 11.9 Å². The van der Waals surface area contributed by atoms with Gasteiger partial charge in [-0.25, -0.2) is 0 Å². The first-order valence-electron chi connectivity index (χ1n) is 6.54. The molecule has 0 saturated carbocycles. The maximum absolute atomic E-state index is 12.5. The van der Waals surface area contributed by atoms with Gasteiger partial charge in [0, 0.05) is 32.4 Å². The lowest BCUT2D eigenvalue weighted by atomic mass is 9.92. The van der Waals surface area contributed by atoms with Crippen molar-refractivity contribution in [2.75, 3.05) is 13.1 Å².